The molecule has 1 aromatic heterocycles. The molecule has 0 atom stereocenters. The maximum Gasteiger partial charge on any atom is 0.211 e. The quantitative estimate of drug-likeness (QED) is 0.828. The summed E-state index contributed by atoms with van der Waals surface area (Å²) in [4.78, 5) is 4.30. The Morgan fingerprint density at radius 2 is 2.00 bits per heavy atom. The highest BCUT2D eigenvalue weighted by Crippen LogP contribution is 2.26. The molecule has 0 aromatic carbocycles. The van der Waals surface area contributed by atoms with E-state index >= 15 is 0 Å². The zero-order chi connectivity index (χ0) is 14.0. The van der Waals surface area contributed by atoms with E-state index in [2.05, 4.69) is 42.2 Å². The fourth-order valence-electron chi connectivity index (χ4n) is 2.05. The van der Waals surface area contributed by atoms with Crippen molar-refractivity contribution in [3.63, 3.8) is 0 Å². The molecule has 1 fully saturated rings. The predicted molar refractivity (Wildman–Crippen MR) is 82.7 cm³/mol. The molecule has 0 spiro atoms. The van der Waals surface area contributed by atoms with Crippen LogP contribution in [0.25, 0.3) is 0 Å². The molecule has 1 N–H and O–H groups in total. The molecule has 8 heteroatoms. The van der Waals surface area contributed by atoms with E-state index in [1.807, 2.05) is 6.07 Å². The minimum atomic E-state index is -3.06. The first-order valence-electron chi connectivity index (χ1n) is 5.89. The van der Waals surface area contributed by atoms with Crippen LogP contribution in [0, 0.1) is 0 Å². The average molecular weight is 413 g/mol. The van der Waals surface area contributed by atoms with Crippen molar-refractivity contribution in [1.29, 1.82) is 0 Å². The first kappa shape index (κ1) is 15.2. The Hall–Kier alpha value is -0.180. The van der Waals surface area contributed by atoms with Crippen molar-refractivity contribution in [1.82, 2.24) is 9.29 Å². The Bertz CT molecular complexity index is 557. The van der Waals surface area contributed by atoms with Crippen LogP contribution in [0.1, 0.15) is 12.8 Å². The number of nitrogens with one attached hydrogen (secondary N) is 1. The lowest BCUT2D eigenvalue weighted by Gasteiger charge is -2.31. The Kier molecular flexibility index (Phi) is 4.86. The standard InChI is InChI=1S/C11H15Br2N3O2S/c1-19(17,18)16-4-2-9(3-5-16)15-11-10(13)6-8(12)7-14-11/h6-7,9H,2-5H2,1H3,(H,14,15). The minimum Gasteiger partial charge on any atom is -0.366 e. The van der Waals surface area contributed by atoms with Crippen LogP contribution in [0.5, 0.6) is 0 Å². The van der Waals surface area contributed by atoms with Gasteiger partial charge in [-0.15, -0.1) is 0 Å². The van der Waals surface area contributed by atoms with Crippen molar-refractivity contribution in [2.75, 3.05) is 24.7 Å². The average Bonchev–Trinajstić information content (AvgIpc) is 2.32. The lowest BCUT2D eigenvalue weighted by molar-refractivity contribution is 0.331. The van der Waals surface area contributed by atoms with Crippen LogP contribution in [0.4, 0.5) is 5.82 Å². The molecule has 1 saturated heterocycles. The molecular formula is C11H15Br2N3O2S. The smallest absolute Gasteiger partial charge is 0.211 e. The highest BCUT2D eigenvalue weighted by Gasteiger charge is 2.25. The van der Waals surface area contributed by atoms with Gasteiger partial charge in [0.15, 0.2) is 0 Å². The first-order valence-corrected chi connectivity index (χ1v) is 9.32. The Morgan fingerprint density at radius 1 is 1.37 bits per heavy atom. The maximum atomic E-state index is 11.4. The van der Waals surface area contributed by atoms with Crippen molar-refractivity contribution >= 4 is 47.7 Å². The molecule has 0 aliphatic carbocycles. The van der Waals surface area contributed by atoms with Crippen molar-refractivity contribution in [2.24, 2.45) is 0 Å². The van der Waals surface area contributed by atoms with Crippen molar-refractivity contribution < 1.29 is 8.42 Å². The molecule has 19 heavy (non-hydrogen) atoms. The number of nitrogens with zero attached hydrogens (tertiary/aromatic N) is 2. The third kappa shape index (κ3) is 4.14. The van der Waals surface area contributed by atoms with Gasteiger partial charge >= 0.3 is 0 Å². The van der Waals surface area contributed by atoms with E-state index in [4.69, 9.17) is 0 Å². The maximum absolute atomic E-state index is 11.4. The van der Waals surface area contributed by atoms with E-state index in [1.54, 1.807) is 6.20 Å². The third-order valence-electron chi connectivity index (χ3n) is 3.07. The van der Waals surface area contributed by atoms with E-state index in [0.717, 1.165) is 27.6 Å². The van der Waals surface area contributed by atoms with E-state index in [9.17, 15) is 8.42 Å². The molecule has 0 radical (unpaired) electrons. The summed E-state index contributed by atoms with van der Waals surface area (Å²) >= 11 is 6.81. The first-order chi connectivity index (χ1) is 8.86. The van der Waals surface area contributed by atoms with Crippen LogP contribution >= 0.6 is 31.9 Å². The van der Waals surface area contributed by atoms with Gasteiger partial charge in [-0.05, 0) is 50.8 Å². The fraction of sp³-hybridized carbons (Fsp3) is 0.545. The zero-order valence-corrected chi connectivity index (χ0v) is 14.4. The van der Waals surface area contributed by atoms with E-state index in [-0.39, 0.29) is 6.04 Å². The van der Waals surface area contributed by atoms with Gasteiger partial charge in [0.2, 0.25) is 10.0 Å². The number of pyridine rings is 1. The second-order valence-corrected chi connectivity index (χ2v) is 8.32. The van der Waals surface area contributed by atoms with Crippen molar-refractivity contribution in [3.05, 3.63) is 21.2 Å². The number of aromatic nitrogens is 1. The summed E-state index contributed by atoms with van der Waals surface area (Å²) in [5.74, 6) is 0.793. The third-order valence-corrected chi connectivity index (χ3v) is 5.41. The van der Waals surface area contributed by atoms with Gasteiger partial charge in [0.1, 0.15) is 5.82 Å². The number of piperidine rings is 1. The molecule has 106 valence electrons. The van der Waals surface area contributed by atoms with Crippen molar-refractivity contribution in [3.8, 4) is 0 Å². The normalized spacial score (nSPS) is 18.5. The minimum absolute atomic E-state index is 0.253. The van der Waals surface area contributed by atoms with Gasteiger partial charge in [0, 0.05) is 29.8 Å². The summed E-state index contributed by atoms with van der Waals surface area (Å²) in [5.41, 5.74) is 0. The lowest BCUT2D eigenvalue weighted by atomic mass is 10.1. The van der Waals surface area contributed by atoms with Gasteiger partial charge in [-0.1, -0.05) is 0 Å². The van der Waals surface area contributed by atoms with Crippen LogP contribution < -0.4 is 5.32 Å². The SMILES string of the molecule is CS(=O)(=O)N1CCC(Nc2ncc(Br)cc2Br)CC1. The summed E-state index contributed by atoms with van der Waals surface area (Å²) in [6.45, 7) is 1.12. The molecule has 0 bridgehead atoms. The van der Waals surface area contributed by atoms with Crippen LogP contribution in [-0.4, -0.2) is 43.1 Å². The van der Waals surface area contributed by atoms with Gasteiger partial charge in [-0.2, -0.15) is 0 Å². The van der Waals surface area contributed by atoms with E-state index < -0.39 is 10.0 Å². The van der Waals surface area contributed by atoms with Crippen LogP contribution in [0.2, 0.25) is 0 Å². The number of halogens is 2. The second-order valence-electron chi connectivity index (χ2n) is 4.56. The molecule has 2 heterocycles. The molecule has 0 amide bonds. The van der Waals surface area contributed by atoms with Gasteiger partial charge in [-0.3, -0.25) is 0 Å². The molecule has 1 aromatic rings. The molecule has 2 rings (SSSR count). The highest BCUT2D eigenvalue weighted by molar-refractivity contribution is 9.11. The number of anilines is 1. The number of hydrogen-bond acceptors (Lipinski definition) is 4. The van der Waals surface area contributed by atoms with Crippen molar-refractivity contribution in [2.45, 2.75) is 18.9 Å². The highest BCUT2D eigenvalue weighted by atomic mass is 79.9. The van der Waals surface area contributed by atoms with Crippen LogP contribution in [0.15, 0.2) is 21.2 Å². The summed E-state index contributed by atoms with van der Waals surface area (Å²) in [6.07, 6.45) is 4.57. The summed E-state index contributed by atoms with van der Waals surface area (Å²) in [6, 6.07) is 2.18. The Balaban J connectivity index is 1.96. The molecule has 1 aliphatic heterocycles. The fourth-order valence-corrected chi connectivity index (χ4v) is 4.02. The van der Waals surface area contributed by atoms with Crippen LogP contribution in [0.3, 0.4) is 0 Å². The number of hydrogen-bond donors (Lipinski definition) is 1. The number of rotatable bonds is 3. The molecule has 0 saturated carbocycles. The summed E-state index contributed by atoms with van der Waals surface area (Å²) in [5, 5.41) is 3.35. The van der Waals surface area contributed by atoms with Gasteiger partial charge < -0.3 is 5.32 Å². The summed E-state index contributed by atoms with van der Waals surface area (Å²) in [7, 11) is -3.06. The monoisotopic (exact) mass is 411 g/mol. The predicted octanol–water partition coefficient (Wildman–Crippen LogP) is 2.44. The lowest BCUT2D eigenvalue weighted by Crippen LogP contribution is -2.41. The Labute approximate surface area is 130 Å². The van der Waals surface area contributed by atoms with E-state index in [1.165, 1.54) is 10.6 Å². The number of sulfonamides is 1. The zero-order valence-electron chi connectivity index (χ0n) is 10.4. The van der Waals surface area contributed by atoms with Crippen LogP contribution in [-0.2, 0) is 10.0 Å². The topological polar surface area (TPSA) is 62.3 Å². The largest absolute Gasteiger partial charge is 0.366 e. The Morgan fingerprint density at radius 3 is 2.53 bits per heavy atom. The molecular weight excluding hydrogens is 398 g/mol. The molecule has 0 unspecified atom stereocenters. The van der Waals surface area contributed by atoms with Gasteiger partial charge in [0.25, 0.3) is 0 Å². The molecule has 1 aliphatic rings. The summed E-state index contributed by atoms with van der Waals surface area (Å²) < 4.78 is 26.2. The molecule has 5 nitrogen and oxygen atoms in total. The van der Waals surface area contributed by atoms with Gasteiger partial charge in [0.05, 0.1) is 10.7 Å². The second kappa shape index (κ2) is 6.07. The van der Waals surface area contributed by atoms with Gasteiger partial charge in [-0.25, -0.2) is 17.7 Å². The van der Waals surface area contributed by atoms with E-state index in [0.29, 0.717) is 13.1 Å².